The van der Waals surface area contributed by atoms with Crippen LogP contribution in [0.4, 0.5) is 0 Å². The molecule has 21 heavy (non-hydrogen) atoms. The highest BCUT2D eigenvalue weighted by atomic mass is 16.5. The fraction of sp³-hybridized carbons (Fsp3) is 0.562. The summed E-state index contributed by atoms with van der Waals surface area (Å²) < 4.78 is 5.07. The van der Waals surface area contributed by atoms with Crippen molar-refractivity contribution in [2.75, 3.05) is 20.3 Å². The molecule has 1 amide bonds. The van der Waals surface area contributed by atoms with Gasteiger partial charge in [0.2, 0.25) is 5.91 Å². The first-order chi connectivity index (χ1) is 9.99. The van der Waals surface area contributed by atoms with Crippen molar-refractivity contribution in [1.82, 2.24) is 4.90 Å². The van der Waals surface area contributed by atoms with Gasteiger partial charge in [-0.25, -0.2) is 0 Å². The number of rotatable bonds is 8. The van der Waals surface area contributed by atoms with Crippen molar-refractivity contribution in [3.8, 4) is 5.75 Å². The molecule has 0 aromatic heterocycles. The van der Waals surface area contributed by atoms with Gasteiger partial charge in [-0.1, -0.05) is 19.1 Å². The van der Waals surface area contributed by atoms with E-state index in [0.717, 1.165) is 12.0 Å². The standard InChI is InChI=1S/C16H26N2O3/c1-4-12(2)18(9-10-21-3)16(20)15(17)11-13-5-7-14(19)8-6-13/h5-8,12,15,19H,4,9-11,17H2,1-3H3. The van der Waals surface area contributed by atoms with E-state index in [1.54, 1.807) is 36.3 Å². The van der Waals surface area contributed by atoms with Crippen LogP contribution in [-0.2, 0) is 16.0 Å². The molecule has 0 saturated heterocycles. The highest BCUT2D eigenvalue weighted by Gasteiger charge is 2.24. The molecule has 0 aliphatic rings. The van der Waals surface area contributed by atoms with Crippen molar-refractivity contribution in [3.05, 3.63) is 29.8 Å². The average molecular weight is 294 g/mol. The van der Waals surface area contributed by atoms with Crippen LogP contribution >= 0.6 is 0 Å². The molecule has 0 heterocycles. The monoisotopic (exact) mass is 294 g/mol. The second-order valence-corrected chi connectivity index (χ2v) is 5.26. The summed E-state index contributed by atoms with van der Waals surface area (Å²) in [7, 11) is 1.62. The molecule has 0 fully saturated rings. The van der Waals surface area contributed by atoms with Crippen molar-refractivity contribution >= 4 is 5.91 Å². The molecule has 2 atom stereocenters. The van der Waals surface area contributed by atoms with Crippen molar-refractivity contribution in [2.45, 2.75) is 38.8 Å². The number of hydrogen-bond acceptors (Lipinski definition) is 4. The molecule has 118 valence electrons. The number of nitrogens with two attached hydrogens (primary N) is 1. The van der Waals surface area contributed by atoms with E-state index in [4.69, 9.17) is 10.5 Å². The lowest BCUT2D eigenvalue weighted by atomic mass is 10.0. The van der Waals surface area contributed by atoms with Crippen molar-refractivity contribution in [2.24, 2.45) is 5.73 Å². The number of phenols is 1. The van der Waals surface area contributed by atoms with E-state index in [-0.39, 0.29) is 17.7 Å². The minimum atomic E-state index is -0.583. The first kappa shape index (κ1) is 17.5. The Kier molecular flexibility index (Phi) is 7.19. The summed E-state index contributed by atoms with van der Waals surface area (Å²) in [5, 5.41) is 9.27. The number of carbonyl (C=O) groups excluding carboxylic acids is 1. The highest BCUT2D eigenvalue weighted by Crippen LogP contribution is 2.13. The first-order valence-electron chi connectivity index (χ1n) is 7.32. The summed E-state index contributed by atoms with van der Waals surface area (Å²) in [6.45, 7) is 5.11. The Labute approximate surface area is 126 Å². The van der Waals surface area contributed by atoms with Gasteiger partial charge in [-0.15, -0.1) is 0 Å². The molecule has 1 rings (SSSR count). The molecule has 1 aromatic rings. The fourth-order valence-electron chi connectivity index (χ4n) is 2.14. The molecule has 0 bridgehead atoms. The third kappa shape index (κ3) is 5.36. The Morgan fingerprint density at radius 2 is 2.00 bits per heavy atom. The van der Waals surface area contributed by atoms with Gasteiger partial charge in [0.05, 0.1) is 12.6 Å². The zero-order valence-electron chi connectivity index (χ0n) is 13.1. The van der Waals surface area contributed by atoms with Gasteiger partial charge in [0.1, 0.15) is 5.75 Å². The summed E-state index contributed by atoms with van der Waals surface area (Å²) in [4.78, 5) is 14.3. The maximum Gasteiger partial charge on any atom is 0.240 e. The van der Waals surface area contributed by atoms with Crippen LogP contribution < -0.4 is 5.73 Å². The van der Waals surface area contributed by atoms with E-state index >= 15 is 0 Å². The van der Waals surface area contributed by atoms with E-state index in [1.165, 1.54) is 0 Å². The minimum absolute atomic E-state index is 0.0607. The van der Waals surface area contributed by atoms with Crippen LogP contribution in [0.2, 0.25) is 0 Å². The molecule has 0 aliphatic carbocycles. The number of amides is 1. The Hall–Kier alpha value is -1.59. The highest BCUT2D eigenvalue weighted by molar-refractivity contribution is 5.82. The predicted molar refractivity (Wildman–Crippen MR) is 83.1 cm³/mol. The molecule has 0 spiro atoms. The average Bonchev–Trinajstić information content (AvgIpc) is 2.49. The van der Waals surface area contributed by atoms with E-state index in [1.807, 2.05) is 13.8 Å². The summed E-state index contributed by atoms with van der Waals surface area (Å²) in [6, 6.07) is 6.32. The zero-order valence-corrected chi connectivity index (χ0v) is 13.1. The predicted octanol–water partition coefficient (Wildman–Crippen LogP) is 1.54. The molecule has 0 aliphatic heterocycles. The van der Waals surface area contributed by atoms with E-state index in [0.29, 0.717) is 19.6 Å². The largest absolute Gasteiger partial charge is 0.508 e. The van der Waals surface area contributed by atoms with Gasteiger partial charge < -0.3 is 20.5 Å². The van der Waals surface area contributed by atoms with Gasteiger partial charge in [0.25, 0.3) is 0 Å². The lowest BCUT2D eigenvalue weighted by Gasteiger charge is -2.30. The van der Waals surface area contributed by atoms with Gasteiger partial charge in [0.15, 0.2) is 0 Å². The number of carbonyl (C=O) groups is 1. The maximum absolute atomic E-state index is 12.5. The van der Waals surface area contributed by atoms with E-state index < -0.39 is 6.04 Å². The molecule has 2 unspecified atom stereocenters. The van der Waals surface area contributed by atoms with E-state index in [2.05, 4.69) is 0 Å². The molecule has 0 saturated carbocycles. The molecule has 0 radical (unpaired) electrons. The molecule has 1 aromatic carbocycles. The number of phenolic OH excluding ortho intramolecular Hbond substituents is 1. The Morgan fingerprint density at radius 1 is 1.38 bits per heavy atom. The number of aromatic hydroxyl groups is 1. The van der Waals surface area contributed by atoms with E-state index in [9.17, 15) is 9.90 Å². The Balaban J connectivity index is 2.70. The second kappa shape index (κ2) is 8.64. The number of ether oxygens (including phenoxy) is 1. The lowest BCUT2D eigenvalue weighted by molar-refractivity contribution is -0.135. The van der Waals surface area contributed by atoms with Gasteiger partial charge >= 0.3 is 0 Å². The third-order valence-corrected chi connectivity index (χ3v) is 3.65. The Morgan fingerprint density at radius 3 is 2.52 bits per heavy atom. The van der Waals surface area contributed by atoms with Crippen LogP contribution in [-0.4, -0.2) is 48.3 Å². The van der Waals surface area contributed by atoms with Gasteiger partial charge in [-0.05, 0) is 37.5 Å². The van der Waals surface area contributed by atoms with Crippen molar-refractivity contribution in [3.63, 3.8) is 0 Å². The maximum atomic E-state index is 12.5. The van der Waals surface area contributed by atoms with Gasteiger partial charge in [-0.2, -0.15) is 0 Å². The van der Waals surface area contributed by atoms with Crippen LogP contribution in [0.3, 0.4) is 0 Å². The molecular formula is C16H26N2O3. The fourth-order valence-corrected chi connectivity index (χ4v) is 2.14. The lowest BCUT2D eigenvalue weighted by Crippen LogP contribution is -2.49. The number of benzene rings is 1. The summed E-state index contributed by atoms with van der Waals surface area (Å²) in [5.74, 6) is 0.148. The SMILES string of the molecule is CCC(C)N(CCOC)C(=O)C(N)Cc1ccc(O)cc1. The van der Waals surface area contributed by atoms with Gasteiger partial charge in [-0.3, -0.25) is 4.79 Å². The summed E-state index contributed by atoms with van der Waals surface area (Å²) in [6.07, 6.45) is 1.33. The zero-order chi connectivity index (χ0) is 15.8. The quantitative estimate of drug-likeness (QED) is 0.762. The number of methoxy groups -OCH3 is 1. The third-order valence-electron chi connectivity index (χ3n) is 3.65. The topological polar surface area (TPSA) is 75.8 Å². The van der Waals surface area contributed by atoms with Crippen LogP contribution in [0, 0.1) is 0 Å². The number of hydrogen-bond donors (Lipinski definition) is 2. The Bertz CT molecular complexity index is 434. The van der Waals surface area contributed by atoms with Crippen LogP contribution in [0.5, 0.6) is 5.75 Å². The van der Waals surface area contributed by atoms with Crippen molar-refractivity contribution in [1.29, 1.82) is 0 Å². The molecule has 3 N–H and O–H groups in total. The first-order valence-corrected chi connectivity index (χ1v) is 7.32. The molecule has 5 heteroatoms. The normalized spacial score (nSPS) is 13.7. The van der Waals surface area contributed by atoms with Crippen LogP contribution in [0.25, 0.3) is 0 Å². The smallest absolute Gasteiger partial charge is 0.240 e. The second-order valence-electron chi connectivity index (χ2n) is 5.26. The van der Waals surface area contributed by atoms with Crippen LogP contribution in [0.1, 0.15) is 25.8 Å². The molecular weight excluding hydrogens is 268 g/mol. The summed E-state index contributed by atoms with van der Waals surface area (Å²) >= 11 is 0. The van der Waals surface area contributed by atoms with Crippen LogP contribution in [0.15, 0.2) is 24.3 Å². The number of nitrogens with zero attached hydrogens (tertiary/aromatic N) is 1. The summed E-state index contributed by atoms with van der Waals surface area (Å²) in [5.41, 5.74) is 6.99. The van der Waals surface area contributed by atoms with Crippen molar-refractivity contribution < 1.29 is 14.6 Å². The minimum Gasteiger partial charge on any atom is -0.508 e. The van der Waals surface area contributed by atoms with Gasteiger partial charge in [0, 0.05) is 19.7 Å². The molecule has 5 nitrogen and oxygen atoms in total.